The summed E-state index contributed by atoms with van der Waals surface area (Å²) >= 11 is 1.71. The number of thiazole rings is 1. The average Bonchev–Trinajstić information content (AvgIpc) is 2.74. The zero-order valence-corrected chi connectivity index (χ0v) is 13.2. The number of anilines is 1. The van der Waals surface area contributed by atoms with Crippen LogP contribution in [0.2, 0.25) is 0 Å². The number of nitriles is 1. The zero-order valence-electron chi connectivity index (χ0n) is 12.4. The highest BCUT2D eigenvalue weighted by atomic mass is 32.1. The summed E-state index contributed by atoms with van der Waals surface area (Å²) in [5, 5.41) is 10.1. The second kappa shape index (κ2) is 5.50. The Balaban J connectivity index is 2.34. The first-order valence-electron chi connectivity index (χ1n) is 7.07. The van der Waals surface area contributed by atoms with E-state index in [1.54, 1.807) is 11.3 Å². The van der Waals surface area contributed by atoms with E-state index in [1.165, 1.54) is 19.3 Å². The van der Waals surface area contributed by atoms with Crippen LogP contribution in [-0.2, 0) is 11.8 Å². The molecule has 0 aliphatic carbocycles. The van der Waals surface area contributed by atoms with Gasteiger partial charge in [0.1, 0.15) is 0 Å². The summed E-state index contributed by atoms with van der Waals surface area (Å²) in [6, 6.07) is 2.85. The van der Waals surface area contributed by atoms with Gasteiger partial charge in [-0.1, -0.05) is 20.8 Å². The van der Waals surface area contributed by atoms with Crippen molar-refractivity contribution >= 4 is 16.5 Å². The lowest BCUT2D eigenvalue weighted by Gasteiger charge is -2.33. The van der Waals surface area contributed by atoms with Crippen molar-refractivity contribution in [3.8, 4) is 6.07 Å². The summed E-state index contributed by atoms with van der Waals surface area (Å²) in [5.74, 6) is 0. The Morgan fingerprint density at radius 3 is 2.74 bits per heavy atom. The van der Waals surface area contributed by atoms with Crippen LogP contribution < -0.4 is 4.90 Å². The minimum absolute atomic E-state index is 0.0138. The quantitative estimate of drug-likeness (QED) is 0.823. The van der Waals surface area contributed by atoms with Gasteiger partial charge >= 0.3 is 0 Å². The average molecular weight is 277 g/mol. The number of piperidine rings is 1. The number of aromatic nitrogens is 1. The molecule has 1 unspecified atom stereocenters. The number of hydrogen-bond donors (Lipinski definition) is 0. The molecule has 104 valence electrons. The molecular formula is C15H23N3S. The Morgan fingerprint density at radius 1 is 1.42 bits per heavy atom. The van der Waals surface area contributed by atoms with Crippen LogP contribution in [0.4, 0.5) is 5.13 Å². The van der Waals surface area contributed by atoms with Gasteiger partial charge in [0.2, 0.25) is 0 Å². The summed E-state index contributed by atoms with van der Waals surface area (Å²) in [5.41, 5.74) is 1.12. The summed E-state index contributed by atoms with van der Waals surface area (Å²) in [6.45, 7) is 9.90. The second-order valence-electron chi connectivity index (χ2n) is 6.39. The number of rotatable bonds is 2. The Kier molecular flexibility index (Phi) is 4.15. The molecule has 1 aliphatic rings. The first-order valence-corrected chi connectivity index (χ1v) is 7.89. The van der Waals surface area contributed by atoms with Crippen LogP contribution in [0.3, 0.4) is 0 Å². The van der Waals surface area contributed by atoms with Gasteiger partial charge < -0.3 is 4.90 Å². The zero-order chi connectivity index (χ0) is 14.0. The molecule has 1 aliphatic heterocycles. The molecule has 1 aromatic rings. The Labute approximate surface area is 120 Å². The van der Waals surface area contributed by atoms with Crippen molar-refractivity contribution in [3.63, 3.8) is 0 Å². The fraction of sp³-hybridized carbons (Fsp3) is 0.733. The third kappa shape index (κ3) is 3.09. The van der Waals surface area contributed by atoms with Crippen LogP contribution in [-0.4, -0.2) is 17.6 Å². The van der Waals surface area contributed by atoms with E-state index in [4.69, 9.17) is 10.2 Å². The van der Waals surface area contributed by atoms with E-state index in [-0.39, 0.29) is 5.41 Å². The fourth-order valence-electron chi connectivity index (χ4n) is 2.62. The van der Waals surface area contributed by atoms with Crippen molar-refractivity contribution in [2.24, 2.45) is 0 Å². The van der Waals surface area contributed by atoms with Crippen LogP contribution in [0, 0.1) is 11.3 Å². The first-order chi connectivity index (χ1) is 8.93. The van der Waals surface area contributed by atoms with Crippen molar-refractivity contribution in [2.75, 3.05) is 11.4 Å². The maximum atomic E-state index is 9.00. The molecule has 2 heterocycles. The van der Waals surface area contributed by atoms with Crippen LogP contribution in [0.25, 0.3) is 0 Å². The molecule has 1 aromatic heterocycles. The van der Waals surface area contributed by atoms with E-state index in [0.717, 1.165) is 22.2 Å². The molecule has 2 rings (SSSR count). The summed E-state index contributed by atoms with van der Waals surface area (Å²) in [7, 11) is 0. The predicted molar refractivity (Wildman–Crippen MR) is 80.8 cm³/mol. The minimum atomic E-state index is 0.0138. The van der Waals surface area contributed by atoms with Gasteiger partial charge in [-0.2, -0.15) is 5.26 Å². The highest BCUT2D eigenvalue weighted by Gasteiger charge is 2.27. The van der Waals surface area contributed by atoms with Crippen LogP contribution in [0.5, 0.6) is 0 Å². The topological polar surface area (TPSA) is 39.9 Å². The van der Waals surface area contributed by atoms with E-state index >= 15 is 0 Å². The molecule has 4 heteroatoms. The lowest BCUT2D eigenvalue weighted by atomic mass is 9.91. The van der Waals surface area contributed by atoms with Crippen LogP contribution in [0.15, 0.2) is 0 Å². The fourth-order valence-corrected chi connectivity index (χ4v) is 3.95. The van der Waals surface area contributed by atoms with Gasteiger partial charge in [-0.15, -0.1) is 11.3 Å². The van der Waals surface area contributed by atoms with Gasteiger partial charge in [0.15, 0.2) is 5.13 Å². The SMILES string of the molecule is CC1CCCCN1c1nc(C(C)(C)C)c(CC#N)s1. The molecule has 0 saturated carbocycles. The standard InChI is InChI=1S/C15H23N3S/c1-11-7-5-6-10-18(11)14-17-13(15(2,3)4)12(19-14)8-9-16/h11H,5-8,10H2,1-4H3. The lowest BCUT2D eigenvalue weighted by Crippen LogP contribution is -2.37. The molecule has 0 radical (unpaired) electrons. The second-order valence-corrected chi connectivity index (χ2v) is 7.45. The highest BCUT2D eigenvalue weighted by Crippen LogP contribution is 2.36. The van der Waals surface area contributed by atoms with Gasteiger partial charge in [-0.05, 0) is 26.2 Å². The third-order valence-electron chi connectivity index (χ3n) is 3.68. The van der Waals surface area contributed by atoms with E-state index in [9.17, 15) is 0 Å². The van der Waals surface area contributed by atoms with Crippen molar-refractivity contribution in [3.05, 3.63) is 10.6 Å². The number of hydrogen-bond acceptors (Lipinski definition) is 4. The summed E-state index contributed by atoms with van der Waals surface area (Å²) in [6.07, 6.45) is 4.30. The Morgan fingerprint density at radius 2 is 2.16 bits per heavy atom. The van der Waals surface area contributed by atoms with Gasteiger partial charge in [-0.25, -0.2) is 4.98 Å². The molecule has 0 aromatic carbocycles. The van der Waals surface area contributed by atoms with Crippen LogP contribution >= 0.6 is 11.3 Å². The molecule has 19 heavy (non-hydrogen) atoms. The lowest BCUT2D eigenvalue weighted by molar-refractivity contribution is 0.482. The molecular weight excluding hydrogens is 254 g/mol. The van der Waals surface area contributed by atoms with E-state index in [2.05, 4.69) is 38.7 Å². The van der Waals surface area contributed by atoms with Gasteiger partial charge in [0.05, 0.1) is 18.2 Å². The predicted octanol–water partition coefficient (Wildman–Crippen LogP) is 3.89. The minimum Gasteiger partial charge on any atom is -0.345 e. The van der Waals surface area contributed by atoms with Gasteiger partial charge in [0.25, 0.3) is 0 Å². The third-order valence-corrected chi connectivity index (χ3v) is 4.78. The van der Waals surface area contributed by atoms with Gasteiger partial charge in [-0.3, -0.25) is 0 Å². The maximum absolute atomic E-state index is 9.00. The smallest absolute Gasteiger partial charge is 0.186 e. The summed E-state index contributed by atoms with van der Waals surface area (Å²) in [4.78, 5) is 8.43. The Hall–Kier alpha value is -1.08. The van der Waals surface area contributed by atoms with Crippen molar-refractivity contribution in [1.29, 1.82) is 5.26 Å². The highest BCUT2D eigenvalue weighted by molar-refractivity contribution is 7.15. The largest absolute Gasteiger partial charge is 0.345 e. The summed E-state index contributed by atoms with van der Waals surface area (Å²) < 4.78 is 0. The molecule has 1 atom stereocenters. The maximum Gasteiger partial charge on any atom is 0.186 e. The molecule has 0 N–H and O–H groups in total. The Bertz CT molecular complexity index is 479. The van der Waals surface area contributed by atoms with Crippen molar-refractivity contribution < 1.29 is 0 Å². The van der Waals surface area contributed by atoms with E-state index < -0.39 is 0 Å². The van der Waals surface area contributed by atoms with E-state index in [0.29, 0.717) is 12.5 Å². The first kappa shape index (κ1) is 14.3. The van der Waals surface area contributed by atoms with E-state index in [1.807, 2.05) is 0 Å². The number of nitrogens with zero attached hydrogens (tertiary/aromatic N) is 3. The molecule has 1 fully saturated rings. The van der Waals surface area contributed by atoms with Crippen molar-refractivity contribution in [1.82, 2.24) is 4.98 Å². The monoisotopic (exact) mass is 277 g/mol. The van der Waals surface area contributed by atoms with Crippen molar-refractivity contribution in [2.45, 2.75) is 64.8 Å². The molecule has 1 saturated heterocycles. The van der Waals surface area contributed by atoms with Gasteiger partial charge in [0, 0.05) is 22.9 Å². The molecule has 0 spiro atoms. The van der Waals surface area contributed by atoms with Crippen LogP contribution in [0.1, 0.15) is 57.5 Å². The molecule has 3 nitrogen and oxygen atoms in total. The normalized spacial score (nSPS) is 20.4. The molecule has 0 amide bonds. The molecule has 0 bridgehead atoms.